The van der Waals surface area contributed by atoms with Gasteiger partial charge in [-0.15, -0.1) is 0 Å². The lowest BCUT2D eigenvalue weighted by Gasteiger charge is -2.31. The van der Waals surface area contributed by atoms with Crippen molar-refractivity contribution < 1.29 is 23.9 Å². The molecule has 0 radical (unpaired) electrons. The van der Waals surface area contributed by atoms with Crippen molar-refractivity contribution in [2.24, 2.45) is 5.92 Å². The lowest BCUT2D eigenvalue weighted by Crippen LogP contribution is -2.46. The largest absolute Gasteiger partial charge is 0.493 e. The molecule has 1 unspecified atom stereocenters. The molecule has 9 heteroatoms. The molecule has 0 spiro atoms. The number of quaternary nitrogens is 1. The van der Waals surface area contributed by atoms with Gasteiger partial charge in [0.2, 0.25) is 11.5 Å². The molecule has 41 heavy (non-hydrogen) atoms. The Morgan fingerprint density at radius 3 is 2.61 bits per heavy atom. The molecule has 2 aliphatic rings. The summed E-state index contributed by atoms with van der Waals surface area (Å²) in [6, 6.07) is 10.7. The Hall–Kier alpha value is -3.17. The van der Waals surface area contributed by atoms with E-state index in [2.05, 4.69) is 39.0 Å². The molecule has 2 aromatic rings. The Labute approximate surface area is 243 Å². The summed E-state index contributed by atoms with van der Waals surface area (Å²) in [6.45, 7) is 6.20. The van der Waals surface area contributed by atoms with E-state index in [1.54, 1.807) is 16.8 Å². The van der Waals surface area contributed by atoms with E-state index in [4.69, 9.17) is 4.74 Å². The number of aryl methyl sites for hydroxylation is 1. The van der Waals surface area contributed by atoms with Gasteiger partial charge in [0, 0.05) is 63.2 Å². The fourth-order valence-electron chi connectivity index (χ4n) is 6.26. The minimum atomic E-state index is -0.863. The first kappa shape index (κ1) is 30.8. The minimum absolute atomic E-state index is 0.0499. The molecule has 0 saturated carbocycles. The Bertz CT molecular complexity index is 1250. The van der Waals surface area contributed by atoms with Crippen LogP contribution in [0.4, 0.5) is 0 Å². The molecule has 1 fully saturated rings. The standard InChI is InChI=1S/C32H46N4O5/c1-5-6-15-33(17-9-19-36(2,3)4)30(38)23-35-22-26(24-11-12-28-25(21-24)14-20-41-28)31(32(39)40)27(35)13-18-34-16-8-7-10-29(34)37/h7-8,10-12,16,21,26-27,31H,5-6,9,13-15,17-20,22-23H2,1-4H3/p+1/t26-,27+,31?/m1/s1. The van der Waals surface area contributed by atoms with Gasteiger partial charge in [-0.25, -0.2) is 0 Å². The summed E-state index contributed by atoms with van der Waals surface area (Å²) in [6.07, 6.45) is 5.87. The first-order valence-corrected chi connectivity index (χ1v) is 15.0. The van der Waals surface area contributed by atoms with E-state index in [1.807, 2.05) is 23.1 Å². The number of hydrogen-bond donors (Lipinski definition) is 1. The maximum atomic E-state index is 13.8. The summed E-state index contributed by atoms with van der Waals surface area (Å²) >= 11 is 0. The van der Waals surface area contributed by atoms with E-state index in [-0.39, 0.29) is 30.0 Å². The SMILES string of the molecule is CCCCN(CCC[N+](C)(C)C)C(=O)CN1C[C@H](c2ccc3c(c2)CCO3)C(C(=O)O)[C@@H]1CCn1ccccc1=O. The van der Waals surface area contributed by atoms with Crippen LogP contribution in [0, 0.1) is 5.92 Å². The smallest absolute Gasteiger partial charge is 0.308 e. The number of carbonyl (C=O) groups excluding carboxylic acids is 1. The van der Waals surface area contributed by atoms with E-state index < -0.39 is 11.9 Å². The van der Waals surface area contributed by atoms with Crippen molar-refractivity contribution in [3.05, 3.63) is 64.1 Å². The van der Waals surface area contributed by atoms with Crippen LogP contribution in [0.15, 0.2) is 47.4 Å². The number of likely N-dealkylation sites (tertiary alicyclic amines) is 1. The predicted octanol–water partition coefficient (Wildman–Crippen LogP) is 3.07. The third-order valence-corrected chi connectivity index (χ3v) is 8.47. The minimum Gasteiger partial charge on any atom is -0.493 e. The fraction of sp³-hybridized carbons (Fsp3) is 0.594. The number of aromatic nitrogens is 1. The third kappa shape index (κ3) is 7.98. The molecule has 3 atom stereocenters. The monoisotopic (exact) mass is 567 g/mol. The van der Waals surface area contributed by atoms with Crippen LogP contribution in [0.25, 0.3) is 0 Å². The zero-order valence-corrected chi connectivity index (χ0v) is 25.1. The van der Waals surface area contributed by atoms with Gasteiger partial charge in [0.1, 0.15) is 5.75 Å². The molecule has 1 aromatic heterocycles. The van der Waals surface area contributed by atoms with Crippen LogP contribution in [-0.2, 0) is 22.6 Å². The van der Waals surface area contributed by atoms with Gasteiger partial charge in [-0.1, -0.05) is 31.5 Å². The van der Waals surface area contributed by atoms with Crippen LogP contribution in [0.3, 0.4) is 0 Å². The highest BCUT2D eigenvalue weighted by molar-refractivity contribution is 5.79. The lowest BCUT2D eigenvalue weighted by molar-refractivity contribution is -0.870. The Balaban J connectivity index is 1.58. The molecule has 4 rings (SSSR count). The summed E-state index contributed by atoms with van der Waals surface area (Å²) in [5.74, 6) is -0.895. The van der Waals surface area contributed by atoms with Gasteiger partial charge in [0.15, 0.2) is 0 Å². The molecule has 1 amide bonds. The van der Waals surface area contributed by atoms with Crippen LogP contribution in [0.2, 0.25) is 0 Å². The number of amides is 1. The van der Waals surface area contributed by atoms with Gasteiger partial charge in [-0.2, -0.15) is 0 Å². The summed E-state index contributed by atoms with van der Waals surface area (Å²) < 4.78 is 8.15. The van der Waals surface area contributed by atoms with E-state index in [1.165, 1.54) is 6.07 Å². The van der Waals surface area contributed by atoms with Gasteiger partial charge < -0.3 is 23.8 Å². The number of carboxylic acid groups (broad SMARTS) is 1. The lowest BCUT2D eigenvalue weighted by atomic mass is 9.83. The fourth-order valence-corrected chi connectivity index (χ4v) is 6.26. The van der Waals surface area contributed by atoms with Crippen molar-refractivity contribution in [1.29, 1.82) is 0 Å². The second kappa shape index (κ2) is 13.7. The van der Waals surface area contributed by atoms with Crippen molar-refractivity contribution in [2.75, 3.05) is 60.5 Å². The van der Waals surface area contributed by atoms with Crippen molar-refractivity contribution in [2.45, 2.75) is 57.5 Å². The number of benzene rings is 1. The molecule has 2 aliphatic heterocycles. The molecular weight excluding hydrogens is 520 g/mol. The highest BCUT2D eigenvalue weighted by atomic mass is 16.5. The third-order valence-electron chi connectivity index (χ3n) is 8.47. The van der Waals surface area contributed by atoms with E-state index in [0.29, 0.717) is 39.2 Å². The van der Waals surface area contributed by atoms with Gasteiger partial charge in [-0.3, -0.25) is 19.3 Å². The molecule has 224 valence electrons. The Kier molecular flexibility index (Phi) is 10.3. The molecule has 1 N–H and O–H groups in total. The zero-order chi connectivity index (χ0) is 29.6. The summed E-state index contributed by atoms with van der Waals surface area (Å²) in [5.41, 5.74) is 1.97. The number of carbonyl (C=O) groups is 2. The van der Waals surface area contributed by atoms with Crippen LogP contribution >= 0.6 is 0 Å². The van der Waals surface area contributed by atoms with E-state index in [0.717, 1.165) is 53.6 Å². The van der Waals surface area contributed by atoms with Crippen LogP contribution < -0.4 is 10.3 Å². The maximum absolute atomic E-state index is 13.8. The number of fused-ring (bicyclic) bond motifs is 1. The second-order valence-electron chi connectivity index (χ2n) is 12.6. The van der Waals surface area contributed by atoms with Crippen molar-refractivity contribution in [1.82, 2.24) is 14.4 Å². The number of nitrogens with zero attached hydrogens (tertiary/aromatic N) is 4. The maximum Gasteiger partial charge on any atom is 0.308 e. The quantitative estimate of drug-likeness (QED) is 0.353. The highest BCUT2D eigenvalue weighted by Gasteiger charge is 2.47. The highest BCUT2D eigenvalue weighted by Crippen LogP contribution is 2.41. The summed E-state index contributed by atoms with van der Waals surface area (Å²) in [4.78, 5) is 43.1. The van der Waals surface area contributed by atoms with Crippen LogP contribution in [-0.4, -0.2) is 102 Å². The first-order chi connectivity index (χ1) is 19.6. The zero-order valence-electron chi connectivity index (χ0n) is 25.1. The molecule has 0 bridgehead atoms. The number of rotatable bonds is 14. The molecule has 1 aromatic carbocycles. The van der Waals surface area contributed by atoms with E-state index >= 15 is 0 Å². The van der Waals surface area contributed by atoms with Crippen molar-refractivity contribution in [3.8, 4) is 5.75 Å². The van der Waals surface area contributed by atoms with Gasteiger partial charge in [0.25, 0.3) is 0 Å². The topological polar surface area (TPSA) is 92.1 Å². The number of hydrogen-bond acceptors (Lipinski definition) is 5. The Morgan fingerprint density at radius 1 is 1.12 bits per heavy atom. The number of pyridine rings is 1. The molecule has 3 heterocycles. The second-order valence-corrected chi connectivity index (χ2v) is 12.6. The number of ether oxygens (including phenoxy) is 1. The summed E-state index contributed by atoms with van der Waals surface area (Å²) in [5, 5.41) is 10.5. The van der Waals surface area contributed by atoms with Gasteiger partial charge in [0.05, 0.1) is 46.8 Å². The summed E-state index contributed by atoms with van der Waals surface area (Å²) in [7, 11) is 6.47. The van der Waals surface area contributed by atoms with Gasteiger partial charge in [-0.05, 0) is 36.1 Å². The normalized spacial score (nSPS) is 20.5. The Morgan fingerprint density at radius 2 is 1.90 bits per heavy atom. The molecule has 0 aliphatic carbocycles. The van der Waals surface area contributed by atoms with Gasteiger partial charge >= 0.3 is 5.97 Å². The van der Waals surface area contributed by atoms with Crippen molar-refractivity contribution in [3.63, 3.8) is 0 Å². The molecule has 9 nitrogen and oxygen atoms in total. The number of aliphatic carboxylic acids is 1. The number of carboxylic acids is 1. The molecular formula is C32H47N4O5+. The number of unbranched alkanes of at least 4 members (excludes halogenated alkanes) is 1. The average molecular weight is 568 g/mol. The van der Waals surface area contributed by atoms with E-state index in [9.17, 15) is 19.5 Å². The predicted molar refractivity (Wildman–Crippen MR) is 159 cm³/mol. The average Bonchev–Trinajstić information content (AvgIpc) is 3.53. The first-order valence-electron chi connectivity index (χ1n) is 15.0. The van der Waals surface area contributed by atoms with Crippen LogP contribution in [0.5, 0.6) is 5.75 Å². The van der Waals surface area contributed by atoms with Crippen molar-refractivity contribution >= 4 is 11.9 Å². The van der Waals surface area contributed by atoms with Crippen LogP contribution in [0.1, 0.15) is 49.7 Å². The molecule has 1 saturated heterocycles.